The normalized spacial score (nSPS) is 22.7. The lowest BCUT2D eigenvalue weighted by molar-refractivity contribution is -0.145. The molecule has 1 aliphatic heterocycles. The van der Waals surface area contributed by atoms with Crippen LogP contribution >= 0.6 is 11.6 Å². The van der Waals surface area contributed by atoms with E-state index in [-0.39, 0.29) is 6.10 Å². The largest absolute Gasteiger partial charge is 0.480 e. The van der Waals surface area contributed by atoms with Gasteiger partial charge in [0, 0.05) is 18.1 Å². The number of halogens is 1. The van der Waals surface area contributed by atoms with Crippen LogP contribution in [0.5, 0.6) is 0 Å². The molecule has 2 atom stereocenters. The first-order valence-corrected chi connectivity index (χ1v) is 6.29. The monoisotopic (exact) mass is 269 g/mol. The lowest BCUT2D eigenvalue weighted by atomic mass is 10.1. The zero-order valence-electron chi connectivity index (χ0n) is 10.2. The van der Waals surface area contributed by atoms with Crippen LogP contribution in [0.25, 0.3) is 0 Å². The molecule has 18 heavy (non-hydrogen) atoms. The highest BCUT2D eigenvalue weighted by Crippen LogP contribution is 2.24. The smallest absolute Gasteiger partial charge is 0.320 e. The Balaban J connectivity index is 2.06. The third kappa shape index (κ3) is 3.02. The van der Waals surface area contributed by atoms with Crippen LogP contribution in [0.15, 0.2) is 24.3 Å². The fourth-order valence-electron chi connectivity index (χ4n) is 2.06. The highest BCUT2D eigenvalue weighted by atomic mass is 35.5. The van der Waals surface area contributed by atoms with Gasteiger partial charge in [0.2, 0.25) is 0 Å². The molecule has 1 aliphatic rings. The molecule has 1 heterocycles. The van der Waals surface area contributed by atoms with E-state index in [1.54, 1.807) is 6.92 Å². The maximum absolute atomic E-state index is 11.0. The van der Waals surface area contributed by atoms with Crippen LogP contribution in [-0.4, -0.2) is 41.7 Å². The van der Waals surface area contributed by atoms with Crippen LogP contribution in [0, 0.1) is 0 Å². The van der Waals surface area contributed by atoms with Gasteiger partial charge in [-0.3, -0.25) is 9.69 Å². The number of carbonyl (C=O) groups is 1. The number of hydrogen-bond donors (Lipinski definition) is 1. The zero-order chi connectivity index (χ0) is 13.1. The molecule has 2 rings (SSSR count). The van der Waals surface area contributed by atoms with E-state index >= 15 is 0 Å². The van der Waals surface area contributed by atoms with Gasteiger partial charge in [0.1, 0.15) is 6.04 Å². The van der Waals surface area contributed by atoms with Crippen LogP contribution in [0.4, 0.5) is 0 Å². The first-order chi connectivity index (χ1) is 8.58. The fourth-order valence-corrected chi connectivity index (χ4v) is 2.18. The maximum Gasteiger partial charge on any atom is 0.320 e. The Labute approximate surface area is 111 Å². The number of rotatable bonds is 3. The van der Waals surface area contributed by atoms with E-state index in [1.165, 1.54) is 0 Å². The minimum atomic E-state index is -0.799. The summed E-state index contributed by atoms with van der Waals surface area (Å²) < 4.78 is 5.69. The topological polar surface area (TPSA) is 49.8 Å². The van der Waals surface area contributed by atoms with Gasteiger partial charge in [-0.1, -0.05) is 23.7 Å². The second kappa shape index (κ2) is 5.69. The van der Waals surface area contributed by atoms with Crippen molar-refractivity contribution >= 4 is 17.6 Å². The number of benzene rings is 1. The van der Waals surface area contributed by atoms with E-state index in [0.717, 1.165) is 5.56 Å². The van der Waals surface area contributed by atoms with Gasteiger partial charge < -0.3 is 9.84 Å². The molecule has 1 fully saturated rings. The quantitative estimate of drug-likeness (QED) is 0.914. The highest BCUT2D eigenvalue weighted by Gasteiger charge is 2.28. The molecule has 2 unspecified atom stereocenters. The van der Waals surface area contributed by atoms with Crippen molar-refractivity contribution in [3.8, 4) is 0 Å². The van der Waals surface area contributed by atoms with Crippen molar-refractivity contribution in [2.75, 3.05) is 19.7 Å². The van der Waals surface area contributed by atoms with Crippen LogP contribution < -0.4 is 0 Å². The Hall–Kier alpha value is -1.10. The second-order valence-electron chi connectivity index (χ2n) is 4.42. The average molecular weight is 270 g/mol. The lowest BCUT2D eigenvalue weighted by Crippen LogP contribution is -2.46. The van der Waals surface area contributed by atoms with Crippen LogP contribution in [0.1, 0.15) is 18.6 Å². The van der Waals surface area contributed by atoms with Crippen LogP contribution in [0.3, 0.4) is 0 Å². The Bertz CT molecular complexity index is 421. The SMILES string of the molecule is CC(C(=O)O)N1CCOC(c2ccc(Cl)cc2)C1. The van der Waals surface area contributed by atoms with Gasteiger partial charge in [0.05, 0.1) is 12.7 Å². The maximum atomic E-state index is 11.0. The first kappa shape index (κ1) is 13.3. The summed E-state index contributed by atoms with van der Waals surface area (Å²) >= 11 is 5.84. The molecule has 1 aromatic rings. The molecule has 98 valence electrons. The predicted octanol–water partition coefficient (Wildman–Crippen LogP) is 2.19. The van der Waals surface area contributed by atoms with Crippen molar-refractivity contribution in [2.24, 2.45) is 0 Å². The number of aliphatic carboxylic acids is 1. The standard InChI is InChI=1S/C13H16ClNO3/c1-9(13(16)17)15-6-7-18-12(8-15)10-2-4-11(14)5-3-10/h2-5,9,12H,6-8H2,1H3,(H,16,17). The average Bonchev–Trinajstić information content (AvgIpc) is 2.38. The van der Waals surface area contributed by atoms with E-state index < -0.39 is 12.0 Å². The molecule has 1 N–H and O–H groups in total. The molecule has 0 saturated carbocycles. The Morgan fingerprint density at radius 2 is 2.17 bits per heavy atom. The summed E-state index contributed by atoms with van der Waals surface area (Å²) in [6.07, 6.45) is -0.0854. The number of carboxylic acid groups (broad SMARTS) is 1. The number of morpholine rings is 1. The lowest BCUT2D eigenvalue weighted by Gasteiger charge is -2.35. The summed E-state index contributed by atoms with van der Waals surface area (Å²) in [4.78, 5) is 12.9. The summed E-state index contributed by atoms with van der Waals surface area (Å²) in [5.74, 6) is -0.799. The van der Waals surface area contributed by atoms with Gasteiger partial charge in [-0.2, -0.15) is 0 Å². The minimum Gasteiger partial charge on any atom is -0.480 e. The summed E-state index contributed by atoms with van der Waals surface area (Å²) in [7, 11) is 0. The second-order valence-corrected chi connectivity index (χ2v) is 4.86. The van der Waals surface area contributed by atoms with Gasteiger partial charge >= 0.3 is 5.97 Å². The molecule has 0 radical (unpaired) electrons. The van der Waals surface area contributed by atoms with Gasteiger partial charge in [0.25, 0.3) is 0 Å². The molecule has 0 amide bonds. The van der Waals surface area contributed by atoms with E-state index in [2.05, 4.69) is 0 Å². The summed E-state index contributed by atoms with van der Waals surface area (Å²) in [5.41, 5.74) is 1.03. The van der Waals surface area contributed by atoms with Crippen molar-refractivity contribution in [2.45, 2.75) is 19.1 Å². The van der Waals surface area contributed by atoms with Gasteiger partial charge in [-0.25, -0.2) is 0 Å². The summed E-state index contributed by atoms with van der Waals surface area (Å²) in [5, 5.41) is 9.71. The summed E-state index contributed by atoms with van der Waals surface area (Å²) in [6.45, 7) is 3.49. The molecular weight excluding hydrogens is 254 g/mol. The van der Waals surface area contributed by atoms with Crippen LogP contribution in [-0.2, 0) is 9.53 Å². The third-order valence-corrected chi connectivity index (χ3v) is 3.50. The molecule has 0 aromatic heterocycles. The molecule has 5 heteroatoms. The number of nitrogens with zero attached hydrogens (tertiary/aromatic N) is 1. The fraction of sp³-hybridized carbons (Fsp3) is 0.462. The minimum absolute atomic E-state index is 0.0854. The van der Waals surface area contributed by atoms with Crippen molar-refractivity contribution in [1.82, 2.24) is 4.90 Å². The van der Waals surface area contributed by atoms with Crippen molar-refractivity contribution in [3.05, 3.63) is 34.9 Å². The molecule has 1 aromatic carbocycles. The Morgan fingerprint density at radius 3 is 2.78 bits per heavy atom. The van der Waals surface area contributed by atoms with Gasteiger partial charge in [-0.05, 0) is 24.6 Å². The van der Waals surface area contributed by atoms with Crippen molar-refractivity contribution < 1.29 is 14.6 Å². The molecule has 0 spiro atoms. The summed E-state index contributed by atoms with van der Waals surface area (Å²) in [6, 6.07) is 6.99. The van der Waals surface area contributed by atoms with E-state index in [9.17, 15) is 4.79 Å². The Morgan fingerprint density at radius 1 is 1.50 bits per heavy atom. The number of carboxylic acids is 1. The van der Waals surface area contributed by atoms with Crippen molar-refractivity contribution in [1.29, 1.82) is 0 Å². The van der Waals surface area contributed by atoms with E-state index in [1.807, 2.05) is 29.2 Å². The Kier molecular flexibility index (Phi) is 4.22. The third-order valence-electron chi connectivity index (χ3n) is 3.24. The molecule has 1 saturated heterocycles. The van der Waals surface area contributed by atoms with E-state index in [0.29, 0.717) is 24.7 Å². The molecule has 0 bridgehead atoms. The molecular formula is C13H16ClNO3. The highest BCUT2D eigenvalue weighted by molar-refractivity contribution is 6.30. The predicted molar refractivity (Wildman–Crippen MR) is 68.8 cm³/mol. The van der Waals surface area contributed by atoms with Gasteiger partial charge in [-0.15, -0.1) is 0 Å². The van der Waals surface area contributed by atoms with Gasteiger partial charge in [0.15, 0.2) is 0 Å². The van der Waals surface area contributed by atoms with Crippen molar-refractivity contribution in [3.63, 3.8) is 0 Å². The molecule has 4 nitrogen and oxygen atoms in total. The van der Waals surface area contributed by atoms with E-state index in [4.69, 9.17) is 21.4 Å². The first-order valence-electron chi connectivity index (χ1n) is 5.92. The number of ether oxygens (including phenoxy) is 1. The molecule has 0 aliphatic carbocycles. The number of hydrogen-bond acceptors (Lipinski definition) is 3. The zero-order valence-corrected chi connectivity index (χ0v) is 10.9. The van der Waals surface area contributed by atoms with Crippen LogP contribution in [0.2, 0.25) is 5.02 Å².